The number of aromatic hydroxyl groups is 1. The molecule has 0 aliphatic rings. The van der Waals surface area contributed by atoms with Crippen LogP contribution in [0.2, 0.25) is 5.02 Å². The quantitative estimate of drug-likeness (QED) is 0.251. The second-order valence-electron chi connectivity index (χ2n) is 6.34. The highest BCUT2D eigenvalue weighted by atomic mass is 35.5. The van der Waals surface area contributed by atoms with Gasteiger partial charge < -0.3 is 9.84 Å². The fourth-order valence-electron chi connectivity index (χ4n) is 2.59. The molecule has 0 unspecified atom stereocenters. The zero-order valence-electron chi connectivity index (χ0n) is 16.5. The molecule has 0 aromatic heterocycles. The number of nitrogens with zero attached hydrogens (tertiary/aromatic N) is 2. The average molecular weight is 477 g/mol. The van der Waals surface area contributed by atoms with Crippen LogP contribution in [0.25, 0.3) is 0 Å². The number of anilines is 2. The van der Waals surface area contributed by atoms with Gasteiger partial charge in [0.25, 0.3) is 15.7 Å². The van der Waals surface area contributed by atoms with E-state index < -0.39 is 20.6 Å². The van der Waals surface area contributed by atoms with Crippen LogP contribution in [-0.2, 0) is 10.0 Å². The SMILES string of the molecule is COc1ccc(O)c(C=NNc2ccc(S(=O)(=O)Nc3ccc(Cl)cc3)cc2[N+](=O)[O-])c1. The second-order valence-corrected chi connectivity index (χ2v) is 8.46. The molecule has 0 saturated heterocycles. The Bertz CT molecular complexity index is 1280. The molecule has 0 fully saturated rings. The molecule has 12 heteroatoms. The highest BCUT2D eigenvalue weighted by Gasteiger charge is 2.21. The Kier molecular flexibility index (Phi) is 6.81. The van der Waals surface area contributed by atoms with Crippen molar-refractivity contribution in [2.75, 3.05) is 17.3 Å². The highest BCUT2D eigenvalue weighted by molar-refractivity contribution is 7.92. The molecule has 3 N–H and O–H groups in total. The number of phenolic OH excluding ortho intramolecular Hbond substituents is 1. The Morgan fingerprint density at radius 3 is 2.50 bits per heavy atom. The minimum Gasteiger partial charge on any atom is -0.507 e. The summed E-state index contributed by atoms with van der Waals surface area (Å²) >= 11 is 5.79. The van der Waals surface area contributed by atoms with Crippen molar-refractivity contribution in [3.63, 3.8) is 0 Å². The molecule has 10 nitrogen and oxygen atoms in total. The summed E-state index contributed by atoms with van der Waals surface area (Å²) in [5.41, 5.74) is 2.50. The Labute approximate surface area is 188 Å². The number of hydrazone groups is 1. The van der Waals surface area contributed by atoms with E-state index in [1.165, 1.54) is 61.9 Å². The molecule has 166 valence electrons. The smallest absolute Gasteiger partial charge is 0.295 e. The lowest BCUT2D eigenvalue weighted by molar-refractivity contribution is -0.384. The van der Waals surface area contributed by atoms with Crippen LogP contribution in [0.15, 0.2) is 70.7 Å². The number of hydrogen-bond donors (Lipinski definition) is 3. The molecule has 0 amide bonds. The molecule has 0 spiro atoms. The number of rotatable bonds is 8. The number of methoxy groups -OCH3 is 1. The first-order valence-corrected chi connectivity index (χ1v) is 10.8. The van der Waals surface area contributed by atoms with Gasteiger partial charge in [-0.3, -0.25) is 20.3 Å². The summed E-state index contributed by atoms with van der Waals surface area (Å²) in [7, 11) is -2.62. The maximum atomic E-state index is 12.6. The number of sulfonamides is 1. The molecule has 0 aliphatic carbocycles. The van der Waals surface area contributed by atoms with Crippen LogP contribution < -0.4 is 14.9 Å². The van der Waals surface area contributed by atoms with Gasteiger partial charge >= 0.3 is 0 Å². The van der Waals surface area contributed by atoms with Gasteiger partial charge in [-0.15, -0.1) is 0 Å². The molecule has 3 aromatic carbocycles. The van der Waals surface area contributed by atoms with E-state index in [1.807, 2.05) is 0 Å². The molecular weight excluding hydrogens is 460 g/mol. The van der Waals surface area contributed by atoms with Crippen LogP contribution >= 0.6 is 11.6 Å². The van der Waals surface area contributed by atoms with Gasteiger partial charge in [-0.05, 0) is 54.6 Å². The van der Waals surface area contributed by atoms with Crippen LogP contribution in [0.3, 0.4) is 0 Å². The first-order chi connectivity index (χ1) is 15.2. The van der Waals surface area contributed by atoms with Gasteiger partial charge in [0.2, 0.25) is 0 Å². The lowest BCUT2D eigenvalue weighted by atomic mass is 10.2. The molecule has 3 rings (SSSR count). The predicted molar refractivity (Wildman–Crippen MR) is 121 cm³/mol. The standard InChI is InChI=1S/C20H17ClN4O6S/c1-31-16-6-9-20(26)13(10-16)12-22-23-18-8-7-17(11-19(18)25(27)28)32(29,30)24-15-4-2-14(21)3-5-15/h2-12,23-24,26H,1H3. The molecule has 0 heterocycles. The van der Waals surface area contributed by atoms with Crippen molar-refractivity contribution in [1.29, 1.82) is 0 Å². The number of nitro groups is 1. The molecule has 0 atom stereocenters. The number of benzene rings is 3. The molecule has 3 aromatic rings. The van der Waals surface area contributed by atoms with Gasteiger partial charge in [-0.1, -0.05) is 11.6 Å². The van der Waals surface area contributed by atoms with Crippen molar-refractivity contribution >= 4 is 44.9 Å². The van der Waals surface area contributed by atoms with Crippen LogP contribution in [0, 0.1) is 10.1 Å². The van der Waals surface area contributed by atoms with E-state index in [0.29, 0.717) is 16.3 Å². The minimum atomic E-state index is -4.09. The van der Waals surface area contributed by atoms with Crippen LogP contribution in [0.1, 0.15) is 5.56 Å². The van der Waals surface area contributed by atoms with E-state index in [0.717, 1.165) is 6.07 Å². The number of nitro benzene ring substituents is 1. The number of phenols is 1. The number of hydrogen-bond acceptors (Lipinski definition) is 8. The summed E-state index contributed by atoms with van der Waals surface area (Å²) in [6.07, 6.45) is 1.24. The molecule has 32 heavy (non-hydrogen) atoms. The largest absolute Gasteiger partial charge is 0.507 e. The van der Waals surface area contributed by atoms with E-state index in [4.69, 9.17) is 16.3 Å². The second kappa shape index (κ2) is 9.54. The van der Waals surface area contributed by atoms with Gasteiger partial charge in [0.05, 0.1) is 23.1 Å². The average Bonchev–Trinajstić information content (AvgIpc) is 2.76. The third-order valence-electron chi connectivity index (χ3n) is 4.20. The summed E-state index contributed by atoms with van der Waals surface area (Å²) in [5.74, 6) is 0.415. The summed E-state index contributed by atoms with van der Waals surface area (Å²) < 4.78 is 32.6. The molecule has 0 aliphatic heterocycles. The first kappa shape index (κ1) is 22.8. The van der Waals surface area contributed by atoms with Gasteiger partial charge in [-0.25, -0.2) is 8.42 Å². The predicted octanol–water partition coefficient (Wildman–Crippen LogP) is 4.21. The summed E-state index contributed by atoms with van der Waals surface area (Å²) in [6, 6.07) is 13.8. The Hall–Kier alpha value is -3.83. The zero-order valence-corrected chi connectivity index (χ0v) is 18.1. The van der Waals surface area contributed by atoms with Crippen molar-refractivity contribution in [2.24, 2.45) is 5.10 Å². The monoisotopic (exact) mass is 476 g/mol. The topological polar surface area (TPSA) is 143 Å². The van der Waals surface area contributed by atoms with E-state index in [1.54, 1.807) is 6.07 Å². The van der Waals surface area contributed by atoms with Crippen molar-refractivity contribution < 1.29 is 23.2 Å². The first-order valence-electron chi connectivity index (χ1n) is 8.92. The molecule has 0 radical (unpaired) electrons. The molecular formula is C20H17ClN4O6S. The van der Waals surface area contributed by atoms with E-state index in [2.05, 4.69) is 15.2 Å². The van der Waals surface area contributed by atoms with Gasteiger partial charge in [0.15, 0.2) is 0 Å². The normalized spacial score (nSPS) is 11.3. The minimum absolute atomic E-state index is 0.0425. The fourth-order valence-corrected chi connectivity index (χ4v) is 3.79. The summed E-state index contributed by atoms with van der Waals surface area (Å²) in [4.78, 5) is 10.5. The molecule has 0 bridgehead atoms. The van der Waals surface area contributed by atoms with E-state index in [-0.39, 0.29) is 22.0 Å². The lowest BCUT2D eigenvalue weighted by Crippen LogP contribution is -2.13. The van der Waals surface area contributed by atoms with Crippen LogP contribution in [-0.4, -0.2) is 31.8 Å². The Morgan fingerprint density at radius 1 is 1.12 bits per heavy atom. The zero-order chi connectivity index (χ0) is 23.3. The van der Waals surface area contributed by atoms with Crippen molar-refractivity contribution in [2.45, 2.75) is 4.90 Å². The van der Waals surface area contributed by atoms with Gasteiger partial charge in [-0.2, -0.15) is 5.10 Å². The maximum absolute atomic E-state index is 12.6. The van der Waals surface area contributed by atoms with Crippen molar-refractivity contribution in [3.8, 4) is 11.5 Å². The van der Waals surface area contributed by atoms with Crippen molar-refractivity contribution in [1.82, 2.24) is 0 Å². The van der Waals surface area contributed by atoms with E-state index in [9.17, 15) is 23.6 Å². The van der Waals surface area contributed by atoms with Crippen LogP contribution in [0.4, 0.5) is 17.1 Å². The molecule has 0 saturated carbocycles. The van der Waals surface area contributed by atoms with E-state index >= 15 is 0 Å². The third kappa shape index (κ3) is 5.45. The number of nitrogens with one attached hydrogen (secondary N) is 2. The fraction of sp³-hybridized carbons (Fsp3) is 0.0500. The van der Waals surface area contributed by atoms with Gasteiger partial charge in [0.1, 0.15) is 17.2 Å². The van der Waals surface area contributed by atoms with Gasteiger partial charge in [0, 0.05) is 22.3 Å². The summed E-state index contributed by atoms with van der Waals surface area (Å²) in [5, 5.41) is 25.7. The van der Waals surface area contributed by atoms with Crippen LogP contribution in [0.5, 0.6) is 11.5 Å². The third-order valence-corrected chi connectivity index (χ3v) is 5.83. The number of ether oxygens (including phenoxy) is 1. The summed E-state index contributed by atoms with van der Waals surface area (Å²) in [6.45, 7) is 0. The number of halogens is 1. The van der Waals surface area contributed by atoms with Crippen molar-refractivity contribution in [3.05, 3.63) is 81.4 Å². The maximum Gasteiger partial charge on any atom is 0.295 e. The Morgan fingerprint density at radius 2 is 1.84 bits per heavy atom. The lowest BCUT2D eigenvalue weighted by Gasteiger charge is -2.09. The Balaban J connectivity index is 1.84. The highest BCUT2D eigenvalue weighted by Crippen LogP contribution is 2.29.